The summed E-state index contributed by atoms with van der Waals surface area (Å²) in [6.45, 7) is 0.520. The maximum atomic E-state index is 10.7. The van der Waals surface area contributed by atoms with Gasteiger partial charge in [0.25, 0.3) is 0 Å². The highest BCUT2D eigenvalue weighted by Crippen LogP contribution is 2.24. The zero-order chi connectivity index (χ0) is 9.97. The molecule has 0 atom stereocenters. The van der Waals surface area contributed by atoms with Crippen LogP contribution in [0.1, 0.15) is 28.8 Å². The molecule has 0 spiro atoms. The van der Waals surface area contributed by atoms with E-state index in [0.717, 1.165) is 18.4 Å². The largest absolute Gasteiger partial charge is 0.478 e. The lowest BCUT2D eigenvalue weighted by Crippen LogP contribution is -1.99. The summed E-state index contributed by atoms with van der Waals surface area (Å²) >= 11 is 0. The fourth-order valence-corrected chi connectivity index (χ4v) is 1.24. The van der Waals surface area contributed by atoms with Crippen LogP contribution in [-0.2, 0) is 11.3 Å². The van der Waals surface area contributed by atoms with Crippen LogP contribution >= 0.6 is 0 Å². The summed E-state index contributed by atoms with van der Waals surface area (Å²) in [6.07, 6.45) is 2.68. The lowest BCUT2D eigenvalue weighted by Gasteiger charge is -2.03. The SMILES string of the molecule is O=C(O)c1cccc(COC2CC2)c1. The maximum Gasteiger partial charge on any atom is 0.335 e. The van der Waals surface area contributed by atoms with Crippen LogP contribution in [0.25, 0.3) is 0 Å². The summed E-state index contributed by atoms with van der Waals surface area (Å²) in [5.41, 5.74) is 1.25. The van der Waals surface area contributed by atoms with Crippen molar-refractivity contribution in [2.75, 3.05) is 0 Å². The van der Waals surface area contributed by atoms with E-state index in [0.29, 0.717) is 18.3 Å². The summed E-state index contributed by atoms with van der Waals surface area (Å²) < 4.78 is 5.48. The first-order valence-corrected chi connectivity index (χ1v) is 4.69. The smallest absolute Gasteiger partial charge is 0.335 e. The van der Waals surface area contributed by atoms with Crippen molar-refractivity contribution in [2.45, 2.75) is 25.6 Å². The number of hydrogen-bond acceptors (Lipinski definition) is 2. The molecule has 74 valence electrons. The first-order chi connectivity index (χ1) is 6.75. The molecular weight excluding hydrogens is 180 g/mol. The Hall–Kier alpha value is -1.35. The standard InChI is InChI=1S/C11H12O3/c12-11(13)9-3-1-2-8(6-9)7-14-10-4-5-10/h1-3,6,10H,4-5,7H2,(H,12,13). The van der Waals surface area contributed by atoms with Gasteiger partial charge in [0.1, 0.15) is 0 Å². The van der Waals surface area contributed by atoms with Crippen LogP contribution < -0.4 is 0 Å². The number of rotatable bonds is 4. The number of ether oxygens (including phenoxy) is 1. The maximum absolute atomic E-state index is 10.7. The fourth-order valence-electron chi connectivity index (χ4n) is 1.24. The van der Waals surface area contributed by atoms with Gasteiger partial charge < -0.3 is 9.84 Å². The summed E-state index contributed by atoms with van der Waals surface area (Å²) in [5.74, 6) is -0.890. The number of hydrogen-bond donors (Lipinski definition) is 1. The first kappa shape index (κ1) is 9.21. The topological polar surface area (TPSA) is 46.5 Å². The van der Waals surface area contributed by atoms with Crippen molar-refractivity contribution in [3.63, 3.8) is 0 Å². The second kappa shape index (κ2) is 3.80. The summed E-state index contributed by atoms with van der Waals surface area (Å²) in [7, 11) is 0. The lowest BCUT2D eigenvalue weighted by atomic mass is 10.1. The van der Waals surface area contributed by atoms with Gasteiger partial charge in [-0.25, -0.2) is 4.79 Å². The quantitative estimate of drug-likeness (QED) is 0.794. The molecule has 1 aromatic rings. The van der Waals surface area contributed by atoms with Gasteiger partial charge in [0.15, 0.2) is 0 Å². The molecule has 3 heteroatoms. The second-order valence-corrected chi connectivity index (χ2v) is 3.52. The molecule has 1 N–H and O–H groups in total. The van der Waals surface area contributed by atoms with Crippen LogP contribution in [0.3, 0.4) is 0 Å². The van der Waals surface area contributed by atoms with Crippen molar-refractivity contribution in [3.05, 3.63) is 35.4 Å². The zero-order valence-corrected chi connectivity index (χ0v) is 7.77. The van der Waals surface area contributed by atoms with E-state index in [1.807, 2.05) is 6.07 Å². The van der Waals surface area contributed by atoms with Gasteiger partial charge in [-0.05, 0) is 30.5 Å². The summed E-state index contributed by atoms with van der Waals surface area (Å²) in [5, 5.41) is 8.76. The summed E-state index contributed by atoms with van der Waals surface area (Å²) in [6, 6.07) is 6.87. The van der Waals surface area contributed by atoms with Gasteiger partial charge in [-0.15, -0.1) is 0 Å². The number of carbonyl (C=O) groups is 1. The van der Waals surface area contributed by atoms with Crippen molar-refractivity contribution < 1.29 is 14.6 Å². The van der Waals surface area contributed by atoms with Crippen molar-refractivity contribution in [1.82, 2.24) is 0 Å². The Labute approximate surface area is 82.3 Å². The molecule has 0 bridgehead atoms. The second-order valence-electron chi connectivity index (χ2n) is 3.52. The van der Waals surface area contributed by atoms with Crippen molar-refractivity contribution in [2.24, 2.45) is 0 Å². The Kier molecular flexibility index (Phi) is 2.50. The van der Waals surface area contributed by atoms with Crippen LogP contribution in [-0.4, -0.2) is 17.2 Å². The van der Waals surface area contributed by atoms with Gasteiger partial charge >= 0.3 is 5.97 Å². The fraction of sp³-hybridized carbons (Fsp3) is 0.364. The van der Waals surface area contributed by atoms with Crippen molar-refractivity contribution in [3.8, 4) is 0 Å². The number of aromatic carboxylic acids is 1. The molecule has 0 heterocycles. The van der Waals surface area contributed by atoms with E-state index in [1.165, 1.54) is 0 Å². The highest BCUT2D eigenvalue weighted by atomic mass is 16.5. The number of benzene rings is 1. The van der Waals surface area contributed by atoms with Crippen LogP contribution in [0.2, 0.25) is 0 Å². The number of carboxylic acids is 1. The third-order valence-corrected chi connectivity index (χ3v) is 2.18. The molecule has 1 fully saturated rings. The monoisotopic (exact) mass is 192 g/mol. The van der Waals surface area contributed by atoms with E-state index in [4.69, 9.17) is 9.84 Å². The van der Waals surface area contributed by atoms with E-state index in [-0.39, 0.29) is 0 Å². The van der Waals surface area contributed by atoms with Gasteiger partial charge in [0.05, 0.1) is 18.3 Å². The molecule has 0 radical (unpaired) electrons. The van der Waals surface area contributed by atoms with Gasteiger partial charge in [-0.1, -0.05) is 12.1 Å². The molecule has 1 aliphatic carbocycles. The minimum atomic E-state index is -0.890. The predicted octanol–water partition coefficient (Wildman–Crippen LogP) is 2.06. The number of carboxylic acid groups (broad SMARTS) is 1. The highest BCUT2D eigenvalue weighted by Gasteiger charge is 2.21. The molecule has 14 heavy (non-hydrogen) atoms. The average Bonchev–Trinajstić information content (AvgIpc) is 2.99. The van der Waals surface area contributed by atoms with Crippen LogP contribution in [0.4, 0.5) is 0 Å². The molecule has 1 aromatic carbocycles. The first-order valence-electron chi connectivity index (χ1n) is 4.69. The normalized spacial score (nSPS) is 15.4. The van der Waals surface area contributed by atoms with E-state index in [1.54, 1.807) is 18.2 Å². The molecule has 0 amide bonds. The lowest BCUT2D eigenvalue weighted by molar-refractivity contribution is 0.0696. The third kappa shape index (κ3) is 2.33. The van der Waals surface area contributed by atoms with Crippen molar-refractivity contribution in [1.29, 1.82) is 0 Å². The Bertz CT molecular complexity index is 342. The molecule has 1 saturated carbocycles. The predicted molar refractivity (Wildman–Crippen MR) is 51.2 cm³/mol. The van der Waals surface area contributed by atoms with Gasteiger partial charge in [0.2, 0.25) is 0 Å². The molecule has 0 saturated heterocycles. The molecule has 2 rings (SSSR count). The van der Waals surface area contributed by atoms with Crippen LogP contribution in [0, 0.1) is 0 Å². The van der Waals surface area contributed by atoms with Crippen LogP contribution in [0.5, 0.6) is 0 Å². The summed E-state index contributed by atoms with van der Waals surface area (Å²) in [4.78, 5) is 10.7. The Morgan fingerprint density at radius 2 is 2.29 bits per heavy atom. The average molecular weight is 192 g/mol. The van der Waals surface area contributed by atoms with Crippen LogP contribution in [0.15, 0.2) is 24.3 Å². The minimum absolute atomic E-state index is 0.321. The molecule has 0 aliphatic heterocycles. The Morgan fingerprint density at radius 3 is 2.93 bits per heavy atom. The zero-order valence-electron chi connectivity index (χ0n) is 7.77. The Balaban J connectivity index is 2.01. The third-order valence-electron chi connectivity index (χ3n) is 2.18. The highest BCUT2D eigenvalue weighted by molar-refractivity contribution is 5.87. The van der Waals surface area contributed by atoms with Crippen molar-refractivity contribution >= 4 is 5.97 Å². The van der Waals surface area contributed by atoms with E-state index >= 15 is 0 Å². The van der Waals surface area contributed by atoms with E-state index in [2.05, 4.69) is 0 Å². The van der Waals surface area contributed by atoms with Gasteiger partial charge in [0, 0.05) is 0 Å². The molecule has 0 aromatic heterocycles. The van der Waals surface area contributed by atoms with Gasteiger partial charge in [-0.2, -0.15) is 0 Å². The molecule has 1 aliphatic rings. The van der Waals surface area contributed by atoms with E-state index < -0.39 is 5.97 Å². The molecule has 3 nitrogen and oxygen atoms in total. The van der Waals surface area contributed by atoms with E-state index in [9.17, 15) is 4.79 Å². The van der Waals surface area contributed by atoms with Gasteiger partial charge in [-0.3, -0.25) is 0 Å². The molecule has 0 unspecified atom stereocenters. The Morgan fingerprint density at radius 1 is 1.50 bits per heavy atom. The minimum Gasteiger partial charge on any atom is -0.478 e. The molecular formula is C11H12O3.